The van der Waals surface area contributed by atoms with E-state index in [1.807, 2.05) is 6.07 Å². The van der Waals surface area contributed by atoms with Gasteiger partial charge in [-0.25, -0.2) is 0 Å². The number of methoxy groups -OCH3 is 1. The van der Waals surface area contributed by atoms with Gasteiger partial charge in [0.05, 0.1) is 12.1 Å². The van der Waals surface area contributed by atoms with E-state index in [0.29, 0.717) is 10.6 Å². The molecule has 1 N–H and O–H groups in total. The molecular weight excluding hydrogens is 260 g/mol. The van der Waals surface area contributed by atoms with Gasteiger partial charge in [-0.15, -0.1) is 0 Å². The van der Waals surface area contributed by atoms with Crippen LogP contribution in [0.15, 0.2) is 18.2 Å². The van der Waals surface area contributed by atoms with Gasteiger partial charge in [0.15, 0.2) is 0 Å². The Balaban J connectivity index is 1.81. The molecule has 1 saturated heterocycles. The average Bonchev–Trinajstić information content (AvgIpc) is 2.87. The Kier molecular flexibility index (Phi) is 3.59. The standard InChI is InChI=1S/C15H21ClN2O/c1-19-14-10-12(4-5-13(14)16)18-9-8-17-15(11-18)6-2-3-7-15/h4-5,10,17H,2-3,6-9,11H2,1H3. The molecule has 1 heterocycles. The number of hydrogen-bond acceptors (Lipinski definition) is 3. The molecule has 1 aliphatic carbocycles. The lowest BCUT2D eigenvalue weighted by Gasteiger charge is -2.42. The van der Waals surface area contributed by atoms with Gasteiger partial charge in [-0.1, -0.05) is 24.4 Å². The van der Waals surface area contributed by atoms with Crippen LogP contribution in [0.5, 0.6) is 5.75 Å². The van der Waals surface area contributed by atoms with Crippen molar-refractivity contribution in [3.63, 3.8) is 0 Å². The van der Waals surface area contributed by atoms with E-state index in [1.165, 1.54) is 31.4 Å². The van der Waals surface area contributed by atoms with E-state index >= 15 is 0 Å². The fourth-order valence-corrected chi connectivity index (χ4v) is 3.60. The summed E-state index contributed by atoms with van der Waals surface area (Å²) in [6.45, 7) is 3.20. The highest BCUT2D eigenvalue weighted by Gasteiger charge is 2.37. The van der Waals surface area contributed by atoms with Crippen molar-refractivity contribution in [1.82, 2.24) is 5.32 Å². The molecule has 0 atom stereocenters. The minimum absolute atomic E-state index is 0.338. The first-order valence-corrected chi connectivity index (χ1v) is 7.44. The fraction of sp³-hybridized carbons (Fsp3) is 0.600. The Hall–Kier alpha value is -0.930. The summed E-state index contributed by atoms with van der Waals surface area (Å²) in [5, 5.41) is 4.41. The van der Waals surface area contributed by atoms with Crippen molar-refractivity contribution in [2.75, 3.05) is 31.6 Å². The number of benzene rings is 1. The van der Waals surface area contributed by atoms with Gasteiger partial charge in [0, 0.05) is 36.9 Å². The van der Waals surface area contributed by atoms with Gasteiger partial charge in [-0.2, -0.15) is 0 Å². The number of hydrogen-bond donors (Lipinski definition) is 1. The molecule has 0 bridgehead atoms. The molecule has 4 heteroatoms. The molecular formula is C15H21ClN2O. The van der Waals surface area contributed by atoms with E-state index in [0.717, 1.165) is 25.4 Å². The molecule has 0 amide bonds. The maximum atomic E-state index is 6.10. The number of nitrogens with zero attached hydrogens (tertiary/aromatic N) is 1. The molecule has 1 aromatic rings. The Morgan fingerprint density at radius 3 is 2.84 bits per heavy atom. The SMILES string of the molecule is COc1cc(N2CCNC3(CCCC3)C2)ccc1Cl. The van der Waals surface area contributed by atoms with Crippen molar-refractivity contribution in [3.8, 4) is 5.75 Å². The van der Waals surface area contributed by atoms with Crippen molar-refractivity contribution < 1.29 is 4.74 Å². The Bertz CT molecular complexity index is 457. The topological polar surface area (TPSA) is 24.5 Å². The zero-order valence-electron chi connectivity index (χ0n) is 11.4. The number of rotatable bonds is 2. The molecule has 2 fully saturated rings. The van der Waals surface area contributed by atoms with Crippen molar-refractivity contribution in [2.24, 2.45) is 0 Å². The third kappa shape index (κ3) is 2.54. The van der Waals surface area contributed by atoms with E-state index in [-0.39, 0.29) is 0 Å². The normalized spacial score (nSPS) is 21.9. The molecule has 2 aliphatic rings. The quantitative estimate of drug-likeness (QED) is 0.901. The fourth-order valence-electron chi connectivity index (χ4n) is 3.41. The van der Waals surface area contributed by atoms with Crippen LogP contribution in [0.1, 0.15) is 25.7 Å². The number of halogens is 1. The molecule has 3 rings (SSSR count). The van der Waals surface area contributed by atoms with Crippen LogP contribution in [0.4, 0.5) is 5.69 Å². The van der Waals surface area contributed by atoms with Crippen LogP contribution < -0.4 is 15.0 Å². The van der Waals surface area contributed by atoms with Gasteiger partial charge in [-0.3, -0.25) is 0 Å². The van der Waals surface area contributed by atoms with E-state index in [2.05, 4.69) is 22.3 Å². The van der Waals surface area contributed by atoms with E-state index in [4.69, 9.17) is 16.3 Å². The van der Waals surface area contributed by atoms with Crippen molar-refractivity contribution in [2.45, 2.75) is 31.2 Å². The Labute approximate surface area is 119 Å². The molecule has 1 aromatic carbocycles. The summed E-state index contributed by atoms with van der Waals surface area (Å²) < 4.78 is 5.32. The Morgan fingerprint density at radius 2 is 2.11 bits per heavy atom. The van der Waals surface area contributed by atoms with Crippen LogP contribution in [0.25, 0.3) is 0 Å². The number of nitrogens with one attached hydrogen (secondary N) is 1. The third-order valence-electron chi connectivity index (χ3n) is 4.44. The summed E-state index contributed by atoms with van der Waals surface area (Å²) in [5.41, 5.74) is 1.56. The second kappa shape index (κ2) is 5.22. The van der Waals surface area contributed by atoms with E-state index in [9.17, 15) is 0 Å². The first kappa shape index (κ1) is 13.1. The minimum atomic E-state index is 0.338. The summed E-state index contributed by atoms with van der Waals surface area (Å²) in [4.78, 5) is 2.46. The Morgan fingerprint density at radius 1 is 1.32 bits per heavy atom. The molecule has 1 saturated carbocycles. The van der Waals surface area contributed by atoms with Crippen LogP contribution in [0, 0.1) is 0 Å². The molecule has 3 nitrogen and oxygen atoms in total. The zero-order chi connectivity index (χ0) is 13.3. The minimum Gasteiger partial charge on any atom is -0.495 e. The summed E-state index contributed by atoms with van der Waals surface area (Å²) in [6.07, 6.45) is 5.30. The van der Waals surface area contributed by atoms with Gasteiger partial charge < -0.3 is 15.0 Å². The lowest BCUT2D eigenvalue weighted by molar-refractivity contribution is 0.303. The predicted molar refractivity (Wildman–Crippen MR) is 79.4 cm³/mol. The first-order valence-electron chi connectivity index (χ1n) is 7.06. The number of piperazine rings is 1. The van der Waals surface area contributed by atoms with Gasteiger partial charge >= 0.3 is 0 Å². The molecule has 1 aliphatic heterocycles. The lowest BCUT2D eigenvalue weighted by Crippen LogP contribution is -2.59. The van der Waals surface area contributed by atoms with Crippen molar-refractivity contribution in [1.29, 1.82) is 0 Å². The van der Waals surface area contributed by atoms with Gasteiger partial charge in [-0.05, 0) is 25.0 Å². The van der Waals surface area contributed by atoms with Crippen LogP contribution in [-0.4, -0.2) is 32.3 Å². The predicted octanol–water partition coefficient (Wildman–Crippen LogP) is 3.07. The summed E-state index contributed by atoms with van der Waals surface area (Å²) in [7, 11) is 1.67. The first-order chi connectivity index (χ1) is 9.22. The maximum Gasteiger partial charge on any atom is 0.139 e. The van der Waals surface area contributed by atoms with Crippen molar-refractivity contribution >= 4 is 17.3 Å². The monoisotopic (exact) mass is 280 g/mol. The molecule has 0 aromatic heterocycles. The van der Waals surface area contributed by atoms with Crippen molar-refractivity contribution in [3.05, 3.63) is 23.2 Å². The number of anilines is 1. The maximum absolute atomic E-state index is 6.10. The van der Waals surface area contributed by atoms with Gasteiger partial charge in [0.25, 0.3) is 0 Å². The summed E-state index contributed by atoms with van der Waals surface area (Å²) in [5.74, 6) is 0.762. The van der Waals surface area contributed by atoms with E-state index in [1.54, 1.807) is 7.11 Å². The highest BCUT2D eigenvalue weighted by atomic mass is 35.5. The van der Waals surface area contributed by atoms with Crippen LogP contribution in [0.3, 0.4) is 0 Å². The van der Waals surface area contributed by atoms with Gasteiger partial charge in [0.2, 0.25) is 0 Å². The molecule has 0 radical (unpaired) electrons. The largest absolute Gasteiger partial charge is 0.495 e. The lowest BCUT2D eigenvalue weighted by atomic mass is 9.94. The number of ether oxygens (including phenoxy) is 1. The summed E-state index contributed by atoms with van der Waals surface area (Å²) in [6, 6.07) is 6.08. The average molecular weight is 281 g/mol. The highest BCUT2D eigenvalue weighted by Crippen LogP contribution is 2.35. The second-order valence-electron chi connectivity index (χ2n) is 5.65. The third-order valence-corrected chi connectivity index (χ3v) is 4.75. The van der Waals surface area contributed by atoms with E-state index < -0.39 is 0 Å². The van der Waals surface area contributed by atoms with Crippen LogP contribution in [-0.2, 0) is 0 Å². The van der Waals surface area contributed by atoms with Crippen LogP contribution >= 0.6 is 11.6 Å². The summed E-state index contributed by atoms with van der Waals surface area (Å²) >= 11 is 6.10. The molecule has 104 valence electrons. The van der Waals surface area contributed by atoms with Gasteiger partial charge in [0.1, 0.15) is 5.75 Å². The molecule has 19 heavy (non-hydrogen) atoms. The molecule has 0 unspecified atom stereocenters. The smallest absolute Gasteiger partial charge is 0.139 e. The highest BCUT2D eigenvalue weighted by molar-refractivity contribution is 6.32. The zero-order valence-corrected chi connectivity index (χ0v) is 12.2. The van der Waals surface area contributed by atoms with Crippen LogP contribution in [0.2, 0.25) is 5.02 Å². The molecule has 1 spiro atoms. The second-order valence-corrected chi connectivity index (χ2v) is 6.06.